The van der Waals surface area contributed by atoms with Gasteiger partial charge in [-0.15, -0.1) is 11.6 Å². The summed E-state index contributed by atoms with van der Waals surface area (Å²) < 4.78 is 6.01. The van der Waals surface area contributed by atoms with E-state index in [-0.39, 0.29) is 11.6 Å². The third kappa shape index (κ3) is 2.96. The SMILES string of the molecule is CC1CCCC(CCl)(NCC2Cc3ccccc3O2)C1. The van der Waals surface area contributed by atoms with Gasteiger partial charge in [0, 0.05) is 24.4 Å². The van der Waals surface area contributed by atoms with E-state index in [1.165, 1.54) is 31.2 Å². The molecular weight excluding hydrogens is 270 g/mol. The van der Waals surface area contributed by atoms with Crippen LogP contribution >= 0.6 is 11.6 Å². The second-order valence-electron chi connectivity index (χ2n) is 6.55. The lowest BCUT2D eigenvalue weighted by atomic mass is 9.77. The number of nitrogens with one attached hydrogen (secondary N) is 1. The van der Waals surface area contributed by atoms with Crippen molar-refractivity contribution in [1.82, 2.24) is 5.32 Å². The molecule has 110 valence electrons. The summed E-state index contributed by atoms with van der Waals surface area (Å²) in [6.45, 7) is 3.23. The number of halogens is 1. The fourth-order valence-electron chi connectivity index (χ4n) is 3.69. The zero-order chi connectivity index (χ0) is 14.0. The maximum Gasteiger partial charge on any atom is 0.123 e. The second kappa shape index (κ2) is 5.95. The quantitative estimate of drug-likeness (QED) is 0.853. The molecule has 1 heterocycles. The topological polar surface area (TPSA) is 21.3 Å². The van der Waals surface area contributed by atoms with Crippen LogP contribution in [0.4, 0.5) is 0 Å². The first-order chi connectivity index (χ1) is 9.71. The van der Waals surface area contributed by atoms with Crippen molar-refractivity contribution in [2.45, 2.75) is 50.7 Å². The summed E-state index contributed by atoms with van der Waals surface area (Å²) in [4.78, 5) is 0. The number of hydrogen-bond donors (Lipinski definition) is 1. The Morgan fingerprint density at radius 2 is 2.25 bits per heavy atom. The fourth-order valence-corrected chi connectivity index (χ4v) is 4.02. The highest BCUT2D eigenvalue weighted by molar-refractivity contribution is 6.18. The molecule has 0 spiro atoms. The van der Waals surface area contributed by atoms with Crippen LogP contribution in [0.5, 0.6) is 5.75 Å². The van der Waals surface area contributed by atoms with E-state index in [9.17, 15) is 0 Å². The van der Waals surface area contributed by atoms with Gasteiger partial charge in [-0.2, -0.15) is 0 Å². The molecule has 2 nitrogen and oxygen atoms in total. The number of rotatable bonds is 4. The fraction of sp³-hybridized carbons (Fsp3) is 0.647. The molecular formula is C17H24ClNO. The first-order valence-electron chi connectivity index (χ1n) is 7.76. The lowest BCUT2D eigenvalue weighted by molar-refractivity contribution is 0.166. The number of hydrogen-bond acceptors (Lipinski definition) is 2. The van der Waals surface area contributed by atoms with Crippen LogP contribution < -0.4 is 10.1 Å². The van der Waals surface area contributed by atoms with Gasteiger partial charge >= 0.3 is 0 Å². The average Bonchev–Trinajstić information content (AvgIpc) is 2.88. The van der Waals surface area contributed by atoms with Crippen molar-refractivity contribution in [1.29, 1.82) is 0 Å². The van der Waals surface area contributed by atoms with E-state index >= 15 is 0 Å². The van der Waals surface area contributed by atoms with Gasteiger partial charge in [0.25, 0.3) is 0 Å². The molecule has 3 rings (SSSR count). The lowest BCUT2D eigenvalue weighted by Gasteiger charge is -2.40. The Morgan fingerprint density at radius 3 is 3.00 bits per heavy atom. The van der Waals surface area contributed by atoms with Crippen molar-refractivity contribution in [3.8, 4) is 5.75 Å². The highest BCUT2D eigenvalue weighted by Crippen LogP contribution is 2.34. The molecule has 1 aliphatic heterocycles. The normalized spacial score (nSPS) is 32.7. The number of ether oxygens (including phenoxy) is 1. The summed E-state index contributed by atoms with van der Waals surface area (Å²) in [5, 5.41) is 3.74. The van der Waals surface area contributed by atoms with Crippen LogP contribution in [0.1, 0.15) is 38.2 Å². The van der Waals surface area contributed by atoms with Gasteiger partial charge in [0.1, 0.15) is 11.9 Å². The molecule has 20 heavy (non-hydrogen) atoms. The van der Waals surface area contributed by atoms with E-state index < -0.39 is 0 Å². The van der Waals surface area contributed by atoms with Crippen molar-refractivity contribution in [3.63, 3.8) is 0 Å². The zero-order valence-corrected chi connectivity index (χ0v) is 13.0. The van der Waals surface area contributed by atoms with E-state index in [0.29, 0.717) is 5.88 Å². The zero-order valence-electron chi connectivity index (χ0n) is 12.2. The maximum atomic E-state index is 6.27. The summed E-state index contributed by atoms with van der Waals surface area (Å²) in [7, 11) is 0. The summed E-state index contributed by atoms with van der Waals surface area (Å²) in [6.07, 6.45) is 6.27. The standard InChI is InChI=1S/C17H24ClNO/c1-13-5-4-8-17(10-13,12-18)19-11-15-9-14-6-2-3-7-16(14)20-15/h2-3,6-7,13,15,19H,4-5,8-12H2,1H3. The molecule has 0 radical (unpaired) electrons. The Kier molecular flexibility index (Phi) is 4.23. The van der Waals surface area contributed by atoms with Crippen molar-refractivity contribution in [3.05, 3.63) is 29.8 Å². The molecule has 3 atom stereocenters. The van der Waals surface area contributed by atoms with Crippen LogP contribution in [0.15, 0.2) is 24.3 Å². The molecule has 0 aromatic heterocycles. The van der Waals surface area contributed by atoms with Crippen LogP contribution in [0.3, 0.4) is 0 Å². The Bertz CT molecular complexity index is 439. The molecule has 0 saturated heterocycles. The summed E-state index contributed by atoms with van der Waals surface area (Å²) >= 11 is 6.27. The molecule has 1 saturated carbocycles. The molecule has 1 aliphatic carbocycles. The van der Waals surface area contributed by atoms with Gasteiger partial charge in [-0.05, 0) is 30.4 Å². The summed E-state index contributed by atoms with van der Waals surface area (Å²) in [5.41, 5.74) is 1.45. The molecule has 0 bridgehead atoms. The van der Waals surface area contributed by atoms with Gasteiger partial charge in [0.15, 0.2) is 0 Å². The minimum Gasteiger partial charge on any atom is -0.488 e. The Balaban J connectivity index is 1.57. The third-order valence-electron chi connectivity index (χ3n) is 4.77. The summed E-state index contributed by atoms with van der Waals surface area (Å²) in [5.74, 6) is 2.53. The molecule has 3 heteroatoms. The monoisotopic (exact) mass is 293 g/mol. The van der Waals surface area contributed by atoms with Crippen LogP contribution in [-0.4, -0.2) is 24.1 Å². The number of para-hydroxylation sites is 1. The Hall–Kier alpha value is -0.730. The van der Waals surface area contributed by atoms with Crippen LogP contribution in [0, 0.1) is 5.92 Å². The number of fused-ring (bicyclic) bond motifs is 1. The van der Waals surface area contributed by atoms with Crippen molar-refractivity contribution in [2.24, 2.45) is 5.92 Å². The van der Waals surface area contributed by atoms with Crippen molar-refractivity contribution >= 4 is 11.6 Å². The molecule has 1 fully saturated rings. The predicted octanol–water partition coefficient (Wildman–Crippen LogP) is 3.77. The molecule has 1 N–H and O–H groups in total. The molecule has 3 unspecified atom stereocenters. The highest BCUT2D eigenvalue weighted by atomic mass is 35.5. The number of alkyl halides is 1. The minimum atomic E-state index is 0.122. The van der Waals surface area contributed by atoms with Crippen molar-refractivity contribution in [2.75, 3.05) is 12.4 Å². The van der Waals surface area contributed by atoms with Gasteiger partial charge in [0.05, 0.1) is 0 Å². The van der Waals surface area contributed by atoms with Gasteiger partial charge in [-0.3, -0.25) is 0 Å². The highest BCUT2D eigenvalue weighted by Gasteiger charge is 2.35. The van der Waals surface area contributed by atoms with Crippen LogP contribution in [-0.2, 0) is 6.42 Å². The van der Waals surface area contributed by atoms with Gasteiger partial charge in [0.2, 0.25) is 0 Å². The Morgan fingerprint density at radius 1 is 1.40 bits per heavy atom. The minimum absolute atomic E-state index is 0.122. The van der Waals surface area contributed by atoms with E-state index in [4.69, 9.17) is 16.3 Å². The largest absolute Gasteiger partial charge is 0.488 e. The van der Waals surface area contributed by atoms with Gasteiger partial charge < -0.3 is 10.1 Å². The van der Waals surface area contributed by atoms with E-state index in [1.807, 2.05) is 6.07 Å². The first kappa shape index (κ1) is 14.2. The molecule has 2 aliphatic rings. The lowest BCUT2D eigenvalue weighted by Crippen LogP contribution is -2.52. The molecule has 1 aromatic rings. The van der Waals surface area contributed by atoms with E-state index in [1.54, 1.807) is 0 Å². The van der Waals surface area contributed by atoms with E-state index in [2.05, 4.69) is 30.4 Å². The van der Waals surface area contributed by atoms with Crippen LogP contribution in [0.25, 0.3) is 0 Å². The Labute approximate surface area is 126 Å². The smallest absolute Gasteiger partial charge is 0.123 e. The maximum absolute atomic E-state index is 6.27. The number of benzene rings is 1. The molecule has 1 aromatic carbocycles. The average molecular weight is 294 g/mol. The third-order valence-corrected chi connectivity index (χ3v) is 5.28. The second-order valence-corrected chi connectivity index (χ2v) is 6.82. The van der Waals surface area contributed by atoms with Gasteiger partial charge in [-0.1, -0.05) is 38.0 Å². The van der Waals surface area contributed by atoms with Crippen molar-refractivity contribution < 1.29 is 4.74 Å². The predicted molar refractivity (Wildman–Crippen MR) is 83.6 cm³/mol. The van der Waals surface area contributed by atoms with Crippen LogP contribution in [0.2, 0.25) is 0 Å². The first-order valence-corrected chi connectivity index (χ1v) is 8.30. The summed E-state index contributed by atoms with van der Waals surface area (Å²) in [6, 6.07) is 8.35. The van der Waals surface area contributed by atoms with E-state index in [0.717, 1.165) is 24.6 Å². The molecule has 0 amide bonds. The van der Waals surface area contributed by atoms with Gasteiger partial charge in [-0.25, -0.2) is 0 Å².